The summed E-state index contributed by atoms with van der Waals surface area (Å²) >= 11 is 5.85. The number of aryl methyl sites for hydroxylation is 1. The summed E-state index contributed by atoms with van der Waals surface area (Å²) in [5.74, 6) is 0.686. The van der Waals surface area contributed by atoms with E-state index in [0.29, 0.717) is 36.6 Å². The number of carbonyl (C=O) groups is 1. The van der Waals surface area contributed by atoms with Crippen LogP contribution in [0.4, 0.5) is 0 Å². The standard InChI is InChI=1S/C22H22ClN3O3/c1-29-19-10-6-17(7-11-19)20-12-13-22(28)26(25-20)14-2-3-21(27)24-15-16-4-8-18(23)9-5-16/h4-13H,2-3,14-15H2,1H3,(H,24,27). The van der Waals surface area contributed by atoms with Crippen molar-refractivity contribution in [1.29, 1.82) is 0 Å². The lowest BCUT2D eigenvalue weighted by Crippen LogP contribution is -2.25. The van der Waals surface area contributed by atoms with Crippen LogP contribution < -0.4 is 15.6 Å². The fraction of sp³-hybridized carbons (Fsp3) is 0.227. The lowest BCUT2D eigenvalue weighted by molar-refractivity contribution is -0.121. The van der Waals surface area contributed by atoms with Crippen molar-refractivity contribution >= 4 is 17.5 Å². The van der Waals surface area contributed by atoms with Crippen LogP contribution in [0.5, 0.6) is 5.75 Å². The van der Waals surface area contributed by atoms with Gasteiger partial charge in [0.25, 0.3) is 5.56 Å². The fourth-order valence-electron chi connectivity index (χ4n) is 2.81. The average molecular weight is 412 g/mol. The Balaban J connectivity index is 1.53. The summed E-state index contributed by atoms with van der Waals surface area (Å²) in [7, 11) is 1.61. The van der Waals surface area contributed by atoms with Crippen molar-refractivity contribution in [2.45, 2.75) is 25.9 Å². The Labute approximate surface area is 174 Å². The molecule has 7 heteroatoms. The predicted octanol–water partition coefficient (Wildman–Crippen LogP) is 3.67. The minimum absolute atomic E-state index is 0.0701. The second-order valence-electron chi connectivity index (χ2n) is 6.52. The molecule has 0 saturated carbocycles. The van der Waals surface area contributed by atoms with Gasteiger partial charge in [0.15, 0.2) is 0 Å². The molecule has 0 saturated heterocycles. The highest BCUT2D eigenvalue weighted by molar-refractivity contribution is 6.30. The third-order valence-corrected chi connectivity index (χ3v) is 4.68. The van der Waals surface area contributed by atoms with Crippen LogP contribution in [0.2, 0.25) is 5.02 Å². The van der Waals surface area contributed by atoms with Crippen molar-refractivity contribution in [3.8, 4) is 17.0 Å². The number of aromatic nitrogens is 2. The molecule has 0 aliphatic rings. The van der Waals surface area contributed by atoms with Gasteiger partial charge in [0, 0.05) is 36.2 Å². The Hall–Kier alpha value is -3.12. The SMILES string of the molecule is COc1ccc(-c2ccc(=O)n(CCCC(=O)NCc3ccc(Cl)cc3)n2)cc1. The van der Waals surface area contributed by atoms with Crippen LogP contribution in [0.25, 0.3) is 11.3 Å². The van der Waals surface area contributed by atoms with Gasteiger partial charge in [0.05, 0.1) is 12.8 Å². The number of amides is 1. The van der Waals surface area contributed by atoms with Crippen LogP contribution in [0, 0.1) is 0 Å². The number of nitrogens with zero attached hydrogens (tertiary/aromatic N) is 2. The number of methoxy groups -OCH3 is 1. The Morgan fingerprint density at radius 3 is 2.48 bits per heavy atom. The largest absolute Gasteiger partial charge is 0.497 e. The molecular formula is C22H22ClN3O3. The van der Waals surface area contributed by atoms with Gasteiger partial charge in [-0.05, 0) is 54.4 Å². The third kappa shape index (κ3) is 5.93. The maximum atomic E-state index is 12.1. The first kappa shape index (κ1) is 20.6. The smallest absolute Gasteiger partial charge is 0.266 e. The highest BCUT2D eigenvalue weighted by atomic mass is 35.5. The number of carbonyl (C=O) groups excluding carboxylic acids is 1. The third-order valence-electron chi connectivity index (χ3n) is 4.43. The van der Waals surface area contributed by atoms with Gasteiger partial charge in [-0.25, -0.2) is 4.68 Å². The molecule has 29 heavy (non-hydrogen) atoms. The first-order valence-corrected chi connectivity index (χ1v) is 9.67. The molecule has 0 fully saturated rings. The second-order valence-corrected chi connectivity index (χ2v) is 6.95. The van der Waals surface area contributed by atoms with Gasteiger partial charge in [-0.1, -0.05) is 23.7 Å². The number of nitrogens with one attached hydrogen (secondary N) is 1. The number of rotatable bonds is 8. The Morgan fingerprint density at radius 1 is 1.07 bits per heavy atom. The van der Waals surface area contributed by atoms with Crippen LogP contribution in [-0.2, 0) is 17.9 Å². The highest BCUT2D eigenvalue weighted by Gasteiger charge is 2.06. The van der Waals surface area contributed by atoms with E-state index in [2.05, 4.69) is 10.4 Å². The van der Waals surface area contributed by atoms with E-state index in [1.807, 2.05) is 36.4 Å². The molecule has 0 unspecified atom stereocenters. The Morgan fingerprint density at radius 2 is 1.79 bits per heavy atom. The summed E-state index contributed by atoms with van der Waals surface area (Å²) < 4.78 is 6.55. The van der Waals surface area contributed by atoms with Crippen LogP contribution in [0.15, 0.2) is 65.5 Å². The zero-order chi connectivity index (χ0) is 20.6. The molecule has 0 aliphatic carbocycles. The summed E-state index contributed by atoms with van der Waals surface area (Å²) in [4.78, 5) is 24.1. The topological polar surface area (TPSA) is 73.2 Å². The van der Waals surface area contributed by atoms with E-state index in [0.717, 1.165) is 16.9 Å². The van der Waals surface area contributed by atoms with Gasteiger partial charge in [-0.2, -0.15) is 5.10 Å². The number of hydrogen-bond donors (Lipinski definition) is 1. The maximum Gasteiger partial charge on any atom is 0.266 e. The minimum Gasteiger partial charge on any atom is -0.497 e. The van der Waals surface area contributed by atoms with Crippen molar-refractivity contribution in [1.82, 2.24) is 15.1 Å². The van der Waals surface area contributed by atoms with E-state index in [1.54, 1.807) is 25.3 Å². The van der Waals surface area contributed by atoms with Crippen molar-refractivity contribution in [3.05, 3.63) is 81.6 Å². The second kappa shape index (κ2) is 9.89. The zero-order valence-electron chi connectivity index (χ0n) is 16.1. The van der Waals surface area contributed by atoms with Gasteiger partial charge >= 0.3 is 0 Å². The predicted molar refractivity (Wildman–Crippen MR) is 113 cm³/mol. The summed E-state index contributed by atoms with van der Waals surface area (Å²) in [6.07, 6.45) is 0.833. The van der Waals surface area contributed by atoms with Crippen molar-refractivity contribution in [2.75, 3.05) is 7.11 Å². The van der Waals surface area contributed by atoms with E-state index in [-0.39, 0.29) is 11.5 Å². The van der Waals surface area contributed by atoms with Gasteiger partial charge in [-0.15, -0.1) is 0 Å². The van der Waals surface area contributed by atoms with Crippen LogP contribution >= 0.6 is 11.6 Å². The molecule has 1 aromatic heterocycles. The molecular weight excluding hydrogens is 390 g/mol. The maximum absolute atomic E-state index is 12.1. The summed E-state index contributed by atoms with van der Waals surface area (Å²) in [5.41, 5.74) is 2.37. The van der Waals surface area contributed by atoms with E-state index in [4.69, 9.17) is 16.3 Å². The molecule has 2 aromatic carbocycles. The van der Waals surface area contributed by atoms with Gasteiger partial charge < -0.3 is 10.1 Å². The molecule has 6 nitrogen and oxygen atoms in total. The van der Waals surface area contributed by atoms with Crippen molar-refractivity contribution in [2.24, 2.45) is 0 Å². The van der Waals surface area contributed by atoms with E-state index >= 15 is 0 Å². The quantitative estimate of drug-likeness (QED) is 0.613. The van der Waals surface area contributed by atoms with Crippen LogP contribution in [0.3, 0.4) is 0 Å². The summed E-state index contributed by atoms with van der Waals surface area (Å²) in [5, 5.41) is 7.94. The lowest BCUT2D eigenvalue weighted by atomic mass is 10.1. The van der Waals surface area contributed by atoms with Crippen LogP contribution in [-0.4, -0.2) is 22.8 Å². The molecule has 0 atom stereocenters. The zero-order valence-corrected chi connectivity index (χ0v) is 16.9. The molecule has 1 amide bonds. The van der Waals surface area contributed by atoms with Gasteiger partial charge in [-0.3, -0.25) is 9.59 Å². The highest BCUT2D eigenvalue weighted by Crippen LogP contribution is 2.19. The molecule has 1 heterocycles. The summed E-state index contributed by atoms with van der Waals surface area (Å²) in [6.45, 7) is 0.818. The van der Waals surface area contributed by atoms with E-state index < -0.39 is 0 Å². The Bertz CT molecular complexity index is 1010. The molecule has 3 rings (SSSR count). The minimum atomic E-state index is -0.191. The van der Waals surface area contributed by atoms with Gasteiger partial charge in [0.1, 0.15) is 5.75 Å². The molecule has 0 aliphatic heterocycles. The molecule has 0 radical (unpaired) electrons. The molecule has 1 N–H and O–H groups in total. The van der Waals surface area contributed by atoms with Crippen molar-refractivity contribution < 1.29 is 9.53 Å². The molecule has 3 aromatic rings. The molecule has 0 spiro atoms. The summed E-state index contributed by atoms with van der Waals surface area (Å²) in [6, 6.07) is 18.0. The normalized spacial score (nSPS) is 10.6. The number of benzene rings is 2. The monoisotopic (exact) mass is 411 g/mol. The number of hydrogen-bond acceptors (Lipinski definition) is 4. The first-order valence-electron chi connectivity index (χ1n) is 9.29. The molecule has 150 valence electrons. The Kier molecular flexibility index (Phi) is 7.03. The molecule has 0 bridgehead atoms. The number of halogens is 1. The fourth-order valence-corrected chi connectivity index (χ4v) is 2.93. The lowest BCUT2D eigenvalue weighted by Gasteiger charge is -2.08. The van der Waals surface area contributed by atoms with E-state index in [9.17, 15) is 9.59 Å². The van der Waals surface area contributed by atoms with E-state index in [1.165, 1.54) is 10.7 Å². The van der Waals surface area contributed by atoms with Gasteiger partial charge in [0.2, 0.25) is 5.91 Å². The first-order chi connectivity index (χ1) is 14.0. The van der Waals surface area contributed by atoms with Crippen molar-refractivity contribution in [3.63, 3.8) is 0 Å². The number of ether oxygens (including phenoxy) is 1. The van der Waals surface area contributed by atoms with Crippen LogP contribution in [0.1, 0.15) is 18.4 Å². The average Bonchev–Trinajstić information content (AvgIpc) is 2.75.